The summed E-state index contributed by atoms with van der Waals surface area (Å²) in [6.45, 7) is 6.51. The molecule has 0 unspecified atom stereocenters. The lowest BCUT2D eigenvalue weighted by Gasteiger charge is -2.07. The molecule has 0 bridgehead atoms. The van der Waals surface area contributed by atoms with Crippen LogP contribution in [0.1, 0.15) is 36.1 Å². The molecule has 0 N–H and O–H groups in total. The van der Waals surface area contributed by atoms with E-state index in [1.54, 1.807) is 0 Å². The second kappa shape index (κ2) is 5.09. The van der Waals surface area contributed by atoms with Crippen LogP contribution in [-0.4, -0.2) is 0 Å². The van der Waals surface area contributed by atoms with Crippen LogP contribution in [0.15, 0.2) is 48.5 Å². The summed E-state index contributed by atoms with van der Waals surface area (Å²) < 4.78 is 0. The van der Waals surface area contributed by atoms with Gasteiger partial charge < -0.3 is 0 Å². The molecule has 86 valence electrons. The van der Waals surface area contributed by atoms with Crippen molar-refractivity contribution in [2.75, 3.05) is 0 Å². The van der Waals surface area contributed by atoms with Crippen LogP contribution in [0.3, 0.4) is 0 Å². The lowest BCUT2D eigenvalue weighted by Crippen LogP contribution is -1.98. The number of hydrogen-bond donors (Lipinski definition) is 0. The van der Waals surface area contributed by atoms with Crippen LogP contribution in [0.25, 0.3) is 0 Å². The van der Waals surface area contributed by atoms with Crippen LogP contribution < -0.4 is 0 Å². The predicted molar refractivity (Wildman–Crippen MR) is 74.1 cm³/mol. The van der Waals surface area contributed by atoms with Crippen molar-refractivity contribution in [3.8, 4) is 0 Å². The smallest absolute Gasteiger partial charge is 0.0606 e. The minimum atomic E-state index is 1.09. The molecule has 2 rings (SSSR count). The van der Waals surface area contributed by atoms with E-state index in [1.165, 1.54) is 28.2 Å². The average Bonchev–Trinajstić information content (AvgIpc) is 2.39. The molecule has 0 aromatic heterocycles. The lowest BCUT2D eigenvalue weighted by atomic mass is 9.91. The highest BCUT2D eigenvalue weighted by Gasteiger charge is 2.14. The third-order valence-corrected chi connectivity index (χ3v) is 3.25. The minimum absolute atomic E-state index is 1.09. The van der Waals surface area contributed by atoms with Gasteiger partial charge >= 0.3 is 0 Å². The van der Waals surface area contributed by atoms with Gasteiger partial charge in [0, 0.05) is 30.2 Å². The molecule has 0 nitrogen and oxygen atoms in total. The van der Waals surface area contributed by atoms with E-state index in [1.807, 2.05) is 0 Å². The van der Waals surface area contributed by atoms with Crippen molar-refractivity contribution in [3.05, 3.63) is 76.7 Å². The molecule has 0 aliphatic carbocycles. The Kier molecular flexibility index (Phi) is 3.53. The fourth-order valence-corrected chi connectivity index (χ4v) is 1.99. The molecule has 0 amide bonds. The Hall–Kier alpha value is -1.69. The SMILES string of the molecule is CCc1cccc([C+](C)c2ccc(C)cc2)c1. The van der Waals surface area contributed by atoms with Gasteiger partial charge in [0.05, 0.1) is 11.1 Å². The molecule has 0 atom stereocenters. The summed E-state index contributed by atoms with van der Waals surface area (Å²) >= 11 is 0. The molecule has 0 radical (unpaired) electrons. The van der Waals surface area contributed by atoms with E-state index >= 15 is 0 Å². The van der Waals surface area contributed by atoms with Gasteiger partial charge in [-0.2, -0.15) is 0 Å². The first-order valence-electron chi connectivity index (χ1n) is 6.20. The van der Waals surface area contributed by atoms with E-state index in [9.17, 15) is 0 Å². The molecule has 0 spiro atoms. The molecule has 0 fully saturated rings. The van der Waals surface area contributed by atoms with Gasteiger partial charge in [0.25, 0.3) is 0 Å². The van der Waals surface area contributed by atoms with Crippen LogP contribution >= 0.6 is 0 Å². The van der Waals surface area contributed by atoms with Gasteiger partial charge in [0.1, 0.15) is 0 Å². The topological polar surface area (TPSA) is 0 Å². The van der Waals surface area contributed by atoms with Gasteiger partial charge in [-0.25, -0.2) is 0 Å². The fourth-order valence-electron chi connectivity index (χ4n) is 1.99. The van der Waals surface area contributed by atoms with Crippen LogP contribution in [0.4, 0.5) is 0 Å². The third kappa shape index (κ3) is 2.71. The Labute approximate surface area is 104 Å². The number of rotatable bonds is 3. The number of aryl methyl sites for hydroxylation is 2. The first kappa shape index (κ1) is 11.8. The first-order chi connectivity index (χ1) is 8.20. The summed E-state index contributed by atoms with van der Waals surface area (Å²) in [6, 6.07) is 17.5. The van der Waals surface area contributed by atoms with E-state index in [4.69, 9.17) is 0 Å². The van der Waals surface area contributed by atoms with Crippen molar-refractivity contribution >= 4 is 0 Å². The third-order valence-electron chi connectivity index (χ3n) is 3.25. The summed E-state index contributed by atoms with van der Waals surface area (Å²) in [4.78, 5) is 0. The van der Waals surface area contributed by atoms with E-state index < -0.39 is 0 Å². The van der Waals surface area contributed by atoms with Gasteiger partial charge in [-0.1, -0.05) is 6.92 Å². The number of benzene rings is 2. The van der Waals surface area contributed by atoms with Crippen molar-refractivity contribution in [1.82, 2.24) is 0 Å². The molecule has 2 aromatic carbocycles. The summed E-state index contributed by atoms with van der Waals surface area (Å²) in [7, 11) is 0. The highest BCUT2D eigenvalue weighted by Crippen LogP contribution is 2.24. The minimum Gasteiger partial charge on any atom is -0.0606 e. The van der Waals surface area contributed by atoms with E-state index in [0.717, 1.165) is 6.42 Å². The van der Waals surface area contributed by atoms with E-state index in [2.05, 4.69) is 69.3 Å². The molecule has 2 aromatic rings. The van der Waals surface area contributed by atoms with Crippen LogP contribution in [0, 0.1) is 12.8 Å². The molecule has 0 saturated heterocycles. The molecule has 0 aliphatic rings. The van der Waals surface area contributed by atoms with Gasteiger partial charge in [0.15, 0.2) is 0 Å². The van der Waals surface area contributed by atoms with E-state index in [0.29, 0.717) is 0 Å². The van der Waals surface area contributed by atoms with Crippen LogP contribution in [-0.2, 0) is 6.42 Å². The monoisotopic (exact) mass is 223 g/mol. The maximum absolute atomic E-state index is 2.29. The molecule has 0 saturated carbocycles. The second-order valence-electron chi connectivity index (χ2n) is 4.54. The summed E-state index contributed by atoms with van der Waals surface area (Å²) in [5.74, 6) is 1.35. The molecular formula is C17H19+. The van der Waals surface area contributed by atoms with Gasteiger partial charge in [0.2, 0.25) is 0 Å². The van der Waals surface area contributed by atoms with E-state index in [-0.39, 0.29) is 0 Å². The Morgan fingerprint density at radius 3 is 2.29 bits per heavy atom. The summed E-state index contributed by atoms with van der Waals surface area (Å²) in [6.07, 6.45) is 1.09. The molecule has 0 aliphatic heterocycles. The second-order valence-corrected chi connectivity index (χ2v) is 4.54. The first-order valence-corrected chi connectivity index (χ1v) is 6.20. The predicted octanol–water partition coefficient (Wildman–Crippen LogP) is 4.55. The Morgan fingerprint density at radius 1 is 0.941 bits per heavy atom. The lowest BCUT2D eigenvalue weighted by molar-refractivity contribution is 1.11. The summed E-state index contributed by atoms with van der Waals surface area (Å²) in [5.41, 5.74) is 5.34. The van der Waals surface area contributed by atoms with Gasteiger partial charge in [-0.15, -0.1) is 0 Å². The summed E-state index contributed by atoms with van der Waals surface area (Å²) in [5, 5.41) is 0. The van der Waals surface area contributed by atoms with Crippen molar-refractivity contribution in [2.45, 2.75) is 27.2 Å². The highest BCUT2D eigenvalue weighted by atomic mass is 14.1. The zero-order chi connectivity index (χ0) is 12.3. The van der Waals surface area contributed by atoms with Gasteiger partial charge in [-0.3, -0.25) is 0 Å². The molecular weight excluding hydrogens is 204 g/mol. The van der Waals surface area contributed by atoms with Gasteiger partial charge in [-0.05, 0) is 55.7 Å². The van der Waals surface area contributed by atoms with Crippen molar-refractivity contribution in [1.29, 1.82) is 0 Å². The maximum Gasteiger partial charge on any atom is 0.0756 e. The maximum atomic E-state index is 2.29. The Balaban J connectivity index is 2.29. The zero-order valence-electron chi connectivity index (χ0n) is 10.8. The standard InChI is InChI=1S/C17H19/c1-4-15-6-5-7-17(12-15)14(3)16-10-8-13(2)9-11-16/h5-12H,4H2,1-3H3/q+1. The fraction of sp³-hybridized carbons (Fsp3) is 0.235. The largest absolute Gasteiger partial charge is 0.0756 e. The van der Waals surface area contributed by atoms with Crippen molar-refractivity contribution in [3.63, 3.8) is 0 Å². The molecule has 0 heteroatoms. The average molecular weight is 223 g/mol. The Bertz CT molecular complexity index is 480. The van der Waals surface area contributed by atoms with Crippen molar-refractivity contribution < 1.29 is 0 Å². The molecule has 17 heavy (non-hydrogen) atoms. The molecule has 0 heterocycles. The van der Waals surface area contributed by atoms with Crippen molar-refractivity contribution in [2.24, 2.45) is 0 Å². The van der Waals surface area contributed by atoms with Crippen LogP contribution in [0.5, 0.6) is 0 Å². The highest BCUT2D eigenvalue weighted by molar-refractivity contribution is 5.46. The number of hydrogen-bond acceptors (Lipinski definition) is 0. The van der Waals surface area contributed by atoms with Crippen LogP contribution in [0.2, 0.25) is 0 Å². The normalized spacial score (nSPS) is 10.3. The zero-order valence-corrected chi connectivity index (χ0v) is 10.8. The quantitative estimate of drug-likeness (QED) is 0.670. The Morgan fingerprint density at radius 2 is 1.65 bits per heavy atom.